The molecule has 0 radical (unpaired) electrons. The van der Waals surface area contributed by atoms with Gasteiger partial charge in [0, 0.05) is 12.6 Å². The molecule has 1 aromatic rings. The number of thiocarbonyl (C=S) groups is 1. The molecule has 3 nitrogen and oxygen atoms in total. The minimum Gasteiger partial charge on any atom is -0.361 e. The van der Waals surface area contributed by atoms with E-state index in [0.29, 0.717) is 12.1 Å². The third-order valence-electron chi connectivity index (χ3n) is 3.81. The van der Waals surface area contributed by atoms with Crippen molar-refractivity contribution in [3.63, 3.8) is 0 Å². The van der Waals surface area contributed by atoms with Gasteiger partial charge in [-0.25, -0.2) is 0 Å². The van der Waals surface area contributed by atoms with Crippen molar-refractivity contribution in [2.75, 3.05) is 19.6 Å². The summed E-state index contributed by atoms with van der Waals surface area (Å²) in [6.45, 7) is 7.35. The van der Waals surface area contributed by atoms with Crippen LogP contribution in [0.3, 0.4) is 0 Å². The summed E-state index contributed by atoms with van der Waals surface area (Å²) in [6.07, 6.45) is 2.50. The van der Waals surface area contributed by atoms with Gasteiger partial charge < -0.3 is 10.6 Å². The first-order chi connectivity index (χ1) is 9.74. The Kier molecular flexibility index (Phi) is 5.80. The van der Waals surface area contributed by atoms with Crippen LogP contribution in [0.5, 0.6) is 0 Å². The lowest BCUT2D eigenvalue weighted by Gasteiger charge is -2.30. The first-order valence-electron chi connectivity index (χ1n) is 7.58. The molecule has 110 valence electrons. The van der Waals surface area contributed by atoms with Crippen LogP contribution >= 0.6 is 12.2 Å². The monoisotopic (exact) mass is 291 g/mol. The maximum absolute atomic E-state index is 5.36. The lowest BCUT2D eigenvalue weighted by atomic mass is 10.1. The Morgan fingerprint density at radius 2 is 1.90 bits per heavy atom. The van der Waals surface area contributed by atoms with Crippen molar-refractivity contribution in [2.45, 2.75) is 38.8 Å². The van der Waals surface area contributed by atoms with E-state index in [2.05, 4.69) is 59.7 Å². The molecule has 0 spiro atoms. The van der Waals surface area contributed by atoms with Crippen molar-refractivity contribution >= 4 is 17.3 Å². The average Bonchev–Trinajstić information content (AvgIpc) is 3.28. The van der Waals surface area contributed by atoms with Gasteiger partial charge in [0.2, 0.25) is 0 Å². The number of hydrogen-bond donors (Lipinski definition) is 2. The molecular weight excluding hydrogens is 266 g/mol. The van der Waals surface area contributed by atoms with Crippen LogP contribution in [0.4, 0.5) is 0 Å². The van der Waals surface area contributed by atoms with E-state index in [9.17, 15) is 0 Å². The van der Waals surface area contributed by atoms with Gasteiger partial charge in [-0.1, -0.05) is 44.2 Å². The first kappa shape index (κ1) is 15.3. The highest BCUT2D eigenvalue weighted by Gasteiger charge is 2.23. The maximum atomic E-state index is 5.36. The second kappa shape index (κ2) is 7.60. The van der Waals surface area contributed by atoms with Gasteiger partial charge in [-0.15, -0.1) is 0 Å². The summed E-state index contributed by atoms with van der Waals surface area (Å²) in [6, 6.07) is 11.6. The first-order valence-corrected chi connectivity index (χ1v) is 7.98. The molecule has 0 amide bonds. The molecule has 0 aliphatic heterocycles. The molecule has 1 aromatic carbocycles. The Hall–Kier alpha value is -1.13. The van der Waals surface area contributed by atoms with E-state index in [4.69, 9.17) is 12.2 Å². The molecule has 0 saturated heterocycles. The zero-order valence-corrected chi connectivity index (χ0v) is 13.2. The summed E-state index contributed by atoms with van der Waals surface area (Å²) in [7, 11) is 0. The number of benzene rings is 1. The van der Waals surface area contributed by atoms with Crippen LogP contribution in [0.1, 0.15) is 38.3 Å². The Bertz CT molecular complexity index is 413. The largest absolute Gasteiger partial charge is 0.361 e. The topological polar surface area (TPSA) is 27.3 Å². The highest BCUT2D eigenvalue weighted by atomic mass is 32.1. The highest BCUT2D eigenvalue weighted by molar-refractivity contribution is 7.80. The zero-order chi connectivity index (χ0) is 14.4. The fraction of sp³-hybridized carbons (Fsp3) is 0.562. The normalized spacial score (nSPS) is 15.9. The summed E-state index contributed by atoms with van der Waals surface area (Å²) in [5.74, 6) is 0. The molecular formula is C16H25N3S. The van der Waals surface area contributed by atoms with Crippen LogP contribution in [0.2, 0.25) is 0 Å². The molecule has 0 bridgehead atoms. The van der Waals surface area contributed by atoms with E-state index < -0.39 is 0 Å². The number of hydrogen-bond acceptors (Lipinski definition) is 2. The molecule has 2 N–H and O–H groups in total. The lowest BCUT2D eigenvalue weighted by Crippen LogP contribution is -2.42. The van der Waals surface area contributed by atoms with Crippen LogP contribution in [0.25, 0.3) is 0 Å². The van der Waals surface area contributed by atoms with E-state index in [1.54, 1.807) is 0 Å². The predicted molar refractivity (Wildman–Crippen MR) is 88.9 cm³/mol. The number of rotatable bonds is 7. The molecule has 1 saturated carbocycles. The third-order valence-corrected chi connectivity index (χ3v) is 4.07. The van der Waals surface area contributed by atoms with Crippen LogP contribution in [0.15, 0.2) is 30.3 Å². The third kappa shape index (κ3) is 4.46. The van der Waals surface area contributed by atoms with Crippen molar-refractivity contribution < 1.29 is 0 Å². The van der Waals surface area contributed by atoms with Gasteiger partial charge in [0.1, 0.15) is 0 Å². The summed E-state index contributed by atoms with van der Waals surface area (Å²) in [5.41, 5.74) is 1.35. The molecule has 0 heterocycles. The van der Waals surface area contributed by atoms with Crippen molar-refractivity contribution in [3.8, 4) is 0 Å². The van der Waals surface area contributed by atoms with E-state index in [-0.39, 0.29) is 0 Å². The lowest BCUT2D eigenvalue weighted by molar-refractivity contribution is 0.219. The fourth-order valence-electron chi connectivity index (χ4n) is 2.45. The van der Waals surface area contributed by atoms with Crippen LogP contribution in [-0.2, 0) is 0 Å². The molecule has 1 aliphatic rings. The smallest absolute Gasteiger partial charge is 0.166 e. The van der Waals surface area contributed by atoms with Gasteiger partial charge in [0.05, 0.1) is 6.04 Å². The van der Waals surface area contributed by atoms with Gasteiger partial charge >= 0.3 is 0 Å². The Labute approximate surface area is 127 Å². The van der Waals surface area contributed by atoms with E-state index >= 15 is 0 Å². The number of likely N-dealkylation sites (N-methyl/N-ethyl adjacent to an activating group) is 1. The van der Waals surface area contributed by atoms with Crippen LogP contribution < -0.4 is 10.6 Å². The molecule has 0 aromatic heterocycles. The fourth-order valence-corrected chi connectivity index (χ4v) is 2.70. The van der Waals surface area contributed by atoms with Crippen molar-refractivity contribution in [1.29, 1.82) is 0 Å². The molecule has 1 atom stereocenters. The Morgan fingerprint density at radius 3 is 2.45 bits per heavy atom. The SMILES string of the molecule is CCN(CC)C(CNC(=S)NC1CC1)c1ccccc1. The van der Waals surface area contributed by atoms with E-state index in [1.807, 2.05) is 0 Å². The van der Waals surface area contributed by atoms with E-state index in [1.165, 1.54) is 18.4 Å². The number of nitrogens with zero attached hydrogens (tertiary/aromatic N) is 1. The second-order valence-electron chi connectivity index (χ2n) is 5.28. The summed E-state index contributed by atoms with van der Waals surface area (Å²) >= 11 is 5.36. The standard InChI is InChI=1S/C16H25N3S/c1-3-19(4-2)15(13-8-6-5-7-9-13)12-17-16(20)18-14-10-11-14/h5-9,14-15H,3-4,10-12H2,1-2H3,(H2,17,18,20). The molecule has 1 fully saturated rings. The zero-order valence-electron chi connectivity index (χ0n) is 12.4. The summed E-state index contributed by atoms with van der Waals surface area (Å²) in [5, 5.41) is 7.51. The van der Waals surface area contributed by atoms with Gasteiger partial charge in [0.15, 0.2) is 5.11 Å². The number of nitrogens with one attached hydrogen (secondary N) is 2. The Balaban J connectivity index is 1.96. The Morgan fingerprint density at radius 1 is 1.25 bits per heavy atom. The van der Waals surface area contributed by atoms with Crippen LogP contribution in [-0.4, -0.2) is 35.7 Å². The van der Waals surface area contributed by atoms with Gasteiger partial charge in [-0.05, 0) is 43.7 Å². The minimum atomic E-state index is 0.366. The summed E-state index contributed by atoms with van der Waals surface area (Å²) < 4.78 is 0. The van der Waals surface area contributed by atoms with Crippen molar-refractivity contribution in [1.82, 2.24) is 15.5 Å². The quantitative estimate of drug-likeness (QED) is 0.755. The maximum Gasteiger partial charge on any atom is 0.166 e. The molecule has 2 rings (SSSR count). The molecule has 20 heavy (non-hydrogen) atoms. The second-order valence-corrected chi connectivity index (χ2v) is 5.68. The molecule has 4 heteroatoms. The van der Waals surface area contributed by atoms with Gasteiger partial charge in [-0.2, -0.15) is 0 Å². The predicted octanol–water partition coefficient (Wildman–Crippen LogP) is 2.70. The van der Waals surface area contributed by atoms with Gasteiger partial charge in [-0.3, -0.25) is 4.90 Å². The highest BCUT2D eigenvalue weighted by Crippen LogP contribution is 2.20. The van der Waals surface area contributed by atoms with Crippen molar-refractivity contribution in [3.05, 3.63) is 35.9 Å². The molecule has 1 unspecified atom stereocenters. The minimum absolute atomic E-state index is 0.366. The molecule has 1 aliphatic carbocycles. The van der Waals surface area contributed by atoms with Crippen LogP contribution in [0, 0.1) is 0 Å². The average molecular weight is 291 g/mol. The van der Waals surface area contributed by atoms with Gasteiger partial charge in [0.25, 0.3) is 0 Å². The summed E-state index contributed by atoms with van der Waals surface area (Å²) in [4.78, 5) is 2.46. The van der Waals surface area contributed by atoms with E-state index in [0.717, 1.165) is 24.7 Å². The van der Waals surface area contributed by atoms with Crippen molar-refractivity contribution in [2.24, 2.45) is 0 Å².